The van der Waals surface area contributed by atoms with Gasteiger partial charge in [-0.15, -0.1) is 0 Å². The minimum atomic E-state index is -2.89. The molecule has 0 unspecified atom stereocenters. The molecular formula is C11H20N4O2S. The second-order valence-electron chi connectivity index (χ2n) is 4.06. The smallest absolute Gasteiger partial charge is 0.147 e. The first-order valence-corrected chi connectivity index (χ1v) is 7.97. The maximum atomic E-state index is 11.0. The van der Waals surface area contributed by atoms with Crippen LogP contribution in [0.3, 0.4) is 0 Å². The Morgan fingerprint density at radius 2 is 1.94 bits per heavy atom. The fourth-order valence-electron chi connectivity index (χ4n) is 1.66. The van der Waals surface area contributed by atoms with Crippen molar-refractivity contribution in [3.05, 3.63) is 11.9 Å². The van der Waals surface area contributed by atoms with Crippen LogP contribution in [0.1, 0.15) is 18.9 Å². The predicted molar refractivity (Wildman–Crippen MR) is 73.8 cm³/mol. The van der Waals surface area contributed by atoms with E-state index >= 15 is 0 Å². The molecule has 0 amide bonds. The molecule has 0 atom stereocenters. The first kappa shape index (κ1) is 14.7. The normalized spacial score (nSPS) is 11.3. The van der Waals surface area contributed by atoms with Gasteiger partial charge in [-0.05, 0) is 12.8 Å². The van der Waals surface area contributed by atoms with E-state index in [-0.39, 0.29) is 5.75 Å². The van der Waals surface area contributed by atoms with E-state index in [4.69, 9.17) is 0 Å². The molecule has 0 aliphatic carbocycles. The lowest BCUT2D eigenvalue weighted by Crippen LogP contribution is -2.12. The van der Waals surface area contributed by atoms with Crippen LogP contribution in [0.15, 0.2) is 6.33 Å². The zero-order valence-electron chi connectivity index (χ0n) is 11.0. The van der Waals surface area contributed by atoms with Gasteiger partial charge in [0.1, 0.15) is 27.8 Å². The maximum absolute atomic E-state index is 11.0. The Bertz CT molecular complexity index is 488. The third-order valence-corrected chi connectivity index (χ3v) is 3.55. The van der Waals surface area contributed by atoms with Crippen molar-refractivity contribution < 1.29 is 8.42 Å². The van der Waals surface area contributed by atoms with Crippen molar-refractivity contribution in [2.45, 2.75) is 19.8 Å². The molecule has 0 aromatic carbocycles. The fourth-order valence-corrected chi connectivity index (χ4v) is 2.32. The topological polar surface area (TPSA) is 84.0 Å². The van der Waals surface area contributed by atoms with Crippen molar-refractivity contribution in [2.24, 2.45) is 0 Å². The van der Waals surface area contributed by atoms with E-state index in [2.05, 4.69) is 20.6 Å². The van der Waals surface area contributed by atoms with Gasteiger partial charge in [0.2, 0.25) is 0 Å². The third-order valence-electron chi connectivity index (χ3n) is 2.52. The highest BCUT2D eigenvalue weighted by Gasteiger charge is 2.08. The Hall–Kier alpha value is -1.37. The number of aromatic nitrogens is 2. The molecule has 0 aliphatic heterocycles. The van der Waals surface area contributed by atoms with Crippen molar-refractivity contribution in [2.75, 3.05) is 36.2 Å². The summed E-state index contributed by atoms with van der Waals surface area (Å²) in [6, 6.07) is 0. The zero-order chi connectivity index (χ0) is 13.6. The first-order chi connectivity index (χ1) is 8.48. The summed E-state index contributed by atoms with van der Waals surface area (Å²) in [5.74, 6) is 1.76. The van der Waals surface area contributed by atoms with Crippen LogP contribution >= 0.6 is 0 Å². The van der Waals surface area contributed by atoms with Gasteiger partial charge in [0.05, 0.1) is 5.75 Å². The summed E-state index contributed by atoms with van der Waals surface area (Å²) < 4.78 is 22.0. The lowest BCUT2D eigenvalue weighted by Gasteiger charge is -2.12. The van der Waals surface area contributed by atoms with Gasteiger partial charge in [-0.3, -0.25) is 0 Å². The van der Waals surface area contributed by atoms with E-state index in [1.165, 1.54) is 12.6 Å². The minimum Gasteiger partial charge on any atom is -0.373 e. The van der Waals surface area contributed by atoms with Crippen molar-refractivity contribution in [1.29, 1.82) is 0 Å². The molecule has 2 N–H and O–H groups in total. The molecule has 1 aromatic heterocycles. The van der Waals surface area contributed by atoms with Gasteiger partial charge >= 0.3 is 0 Å². The summed E-state index contributed by atoms with van der Waals surface area (Å²) in [5.41, 5.74) is 1.01. The van der Waals surface area contributed by atoms with Crippen LogP contribution in [0.25, 0.3) is 0 Å². The highest BCUT2D eigenvalue weighted by Crippen LogP contribution is 2.19. The molecule has 6 nitrogen and oxygen atoms in total. The fraction of sp³-hybridized carbons (Fsp3) is 0.636. The average molecular weight is 272 g/mol. The number of rotatable bonds is 7. The number of nitrogens with one attached hydrogen (secondary N) is 2. The second-order valence-corrected chi connectivity index (χ2v) is 6.32. The van der Waals surface area contributed by atoms with E-state index in [0.29, 0.717) is 13.0 Å². The monoisotopic (exact) mass is 272 g/mol. The summed E-state index contributed by atoms with van der Waals surface area (Å²) in [6.07, 6.45) is 4.12. The molecule has 0 spiro atoms. The van der Waals surface area contributed by atoms with E-state index in [1.54, 1.807) is 0 Å². The minimum absolute atomic E-state index is 0.186. The van der Waals surface area contributed by atoms with E-state index in [9.17, 15) is 8.42 Å². The summed E-state index contributed by atoms with van der Waals surface area (Å²) in [6.45, 7) is 2.61. The van der Waals surface area contributed by atoms with Crippen molar-refractivity contribution in [3.63, 3.8) is 0 Å². The zero-order valence-corrected chi connectivity index (χ0v) is 11.8. The first-order valence-electron chi connectivity index (χ1n) is 5.91. The van der Waals surface area contributed by atoms with Crippen LogP contribution in [-0.4, -0.2) is 44.0 Å². The average Bonchev–Trinajstić information content (AvgIpc) is 2.32. The summed E-state index contributed by atoms with van der Waals surface area (Å²) in [4.78, 5) is 8.32. The quantitative estimate of drug-likeness (QED) is 0.718. The van der Waals surface area contributed by atoms with Crippen LogP contribution < -0.4 is 10.6 Å². The van der Waals surface area contributed by atoms with Crippen molar-refractivity contribution in [1.82, 2.24) is 9.97 Å². The summed E-state index contributed by atoms with van der Waals surface area (Å²) >= 11 is 0. The standard InChI is InChI=1S/C11H20N4O2S/c1-4-9-10(12-2)14-8-15-11(9)13-6-5-7-18(3,16)17/h8H,4-7H2,1-3H3,(H2,12,13,14,15). The highest BCUT2D eigenvalue weighted by atomic mass is 32.2. The Balaban J connectivity index is 2.62. The highest BCUT2D eigenvalue weighted by molar-refractivity contribution is 7.90. The number of anilines is 2. The number of nitrogens with zero attached hydrogens (tertiary/aromatic N) is 2. The van der Waals surface area contributed by atoms with Gasteiger partial charge in [-0.2, -0.15) is 0 Å². The van der Waals surface area contributed by atoms with Crippen LogP contribution in [0.2, 0.25) is 0 Å². The molecule has 1 aromatic rings. The van der Waals surface area contributed by atoms with Crippen LogP contribution in [-0.2, 0) is 16.3 Å². The largest absolute Gasteiger partial charge is 0.373 e. The van der Waals surface area contributed by atoms with Gasteiger partial charge in [0.15, 0.2) is 0 Å². The Morgan fingerprint density at radius 1 is 1.28 bits per heavy atom. The molecule has 102 valence electrons. The molecule has 0 aliphatic rings. The molecule has 0 bridgehead atoms. The molecule has 0 radical (unpaired) electrons. The lowest BCUT2D eigenvalue weighted by molar-refractivity contribution is 0.600. The predicted octanol–water partition coefficient (Wildman–Crippen LogP) is 0.927. The third kappa shape index (κ3) is 4.48. The van der Waals surface area contributed by atoms with E-state index in [1.807, 2.05) is 14.0 Å². The molecule has 0 fully saturated rings. The van der Waals surface area contributed by atoms with Gasteiger partial charge in [-0.1, -0.05) is 6.92 Å². The van der Waals surface area contributed by atoms with Gasteiger partial charge in [-0.25, -0.2) is 18.4 Å². The summed E-state index contributed by atoms with van der Waals surface area (Å²) in [5, 5.41) is 6.17. The number of sulfone groups is 1. The van der Waals surface area contributed by atoms with E-state index < -0.39 is 9.84 Å². The molecular weight excluding hydrogens is 252 g/mol. The van der Waals surface area contributed by atoms with E-state index in [0.717, 1.165) is 23.6 Å². The van der Waals surface area contributed by atoms with Crippen LogP contribution in [0.5, 0.6) is 0 Å². The molecule has 0 saturated heterocycles. The van der Waals surface area contributed by atoms with Gasteiger partial charge in [0.25, 0.3) is 0 Å². The molecule has 18 heavy (non-hydrogen) atoms. The van der Waals surface area contributed by atoms with Crippen LogP contribution in [0.4, 0.5) is 11.6 Å². The van der Waals surface area contributed by atoms with Gasteiger partial charge in [0, 0.05) is 25.4 Å². The van der Waals surface area contributed by atoms with Gasteiger partial charge < -0.3 is 10.6 Å². The molecule has 1 heterocycles. The Kier molecular flexibility index (Phi) is 5.33. The number of hydrogen-bond acceptors (Lipinski definition) is 6. The Morgan fingerprint density at radius 3 is 2.50 bits per heavy atom. The van der Waals surface area contributed by atoms with Crippen molar-refractivity contribution in [3.8, 4) is 0 Å². The molecule has 7 heteroatoms. The number of hydrogen-bond donors (Lipinski definition) is 2. The van der Waals surface area contributed by atoms with Crippen molar-refractivity contribution >= 4 is 21.5 Å². The maximum Gasteiger partial charge on any atom is 0.147 e. The Labute approximate surface area is 108 Å². The van der Waals surface area contributed by atoms with Crippen LogP contribution in [0, 0.1) is 0 Å². The second kappa shape index (κ2) is 6.53. The SMILES string of the molecule is CCc1c(NC)ncnc1NCCCS(C)(=O)=O. The molecule has 1 rings (SSSR count). The lowest BCUT2D eigenvalue weighted by atomic mass is 10.2. The summed E-state index contributed by atoms with van der Waals surface area (Å²) in [7, 11) is -1.08. The molecule has 0 saturated carbocycles.